The molecule has 0 saturated carbocycles. The highest BCUT2D eigenvalue weighted by molar-refractivity contribution is 7.12. The van der Waals surface area contributed by atoms with Gasteiger partial charge in [0.2, 0.25) is 0 Å². The Balaban J connectivity index is 2.92. The SMILES string of the molecule is CCc1cc(N)c(CC)s1. The number of hydrogen-bond acceptors (Lipinski definition) is 2. The second-order valence-corrected chi connectivity index (χ2v) is 3.52. The topological polar surface area (TPSA) is 26.0 Å². The maximum atomic E-state index is 5.74. The predicted octanol–water partition coefficient (Wildman–Crippen LogP) is 2.46. The Kier molecular flexibility index (Phi) is 2.33. The first-order valence-electron chi connectivity index (χ1n) is 3.65. The van der Waals surface area contributed by atoms with Gasteiger partial charge in [-0.1, -0.05) is 13.8 Å². The third-order valence-corrected chi connectivity index (χ3v) is 3.00. The van der Waals surface area contributed by atoms with Gasteiger partial charge in [-0.05, 0) is 18.9 Å². The smallest absolute Gasteiger partial charge is 0.0458 e. The van der Waals surface area contributed by atoms with Gasteiger partial charge in [-0.2, -0.15) is 0 Å². The van der Waals surface area contributed by atoms with Crippen molar-refractivity contribution in [3.05, 3.63) is 15.8 Å². The molecule has 1 aromatic rings. The summed E-state index contributed by atoms with van der Waals surface area (Å²) in [5, 5.41) is 0. The molecule has 0 amide bonds. The first-order chi connectivity index (χ1) is 4.77. The van der Waals surface area contributed by atoms with Crippen molar-refractivity contribution >= 4 is 17.0 Å². The van der Waals surface area contributed by atoms with Crippen LogP contribution >= 0.6 is 11.3 Å². The molecule has 2 N–H and O–H groups in total. The number of anilines is 1. The van der Waals surface area contributed by atoms with Gasteiger partial charge in [-0.15, -0.1) is 11.3 Å². The van der Waals surface area contributed by atoms with Crippen molar-refractivity contribution in [2.24, 2.45) is 0 Å². The molecule has 1 aromatic heterocycles. The molecule has 1 nitrogen and oxygen atoms in total. The van der Waals surface area contributed by atoms with E-state index in [1.165, 1.54) is 9.75 Å². The van der Waals surface area contributed by atoms with E-state index in [1.54, 1.807) is 0 Å². The Morgan fingerprint density at radius 1 is 1.40 bits per heavy atom. The molecule has 0 atom stereocenters. The molecule has 1 heterocycles. The Morgan fingerprint density at radius 3 is 2.40 bits per heavy atom. The summed E-state index contributed by atoms with van der Waals surface area (Å²) >= 11 is 1.83. The predicted molar refractivity (Wildman–Crippen MR) is 47.5 cm³/mol. The summed E-state index contributed by atoms with van der Waals surface area (Å²) in [6.45, 7) is 4.30. The van der Waals surface area contributed by atoms with Crippen LogP contribution in [0.15, 0.2) is 6.07 Å². The molecule has 0 aliphatic carbocycles. The highest BCUT2D eigenvalue weighted by Gasteiger charge is 2.01. The molecule has 0 aliphatic heterocycles. The average Bonchev–Trinajstić information content (AvgIpc) is 2.30. The lowest BCUT2D eigenvalue weighted by Gasteiger charge is -1.88. The molecule has 1 rings (SSSR count). The van der Waals surface area contributed by atoms with Crippen molar-refractivity contribution in [1.82, 2.24) is 0 Å². The summed E-state index contributed by atoms with van der Waals surface area (Å²) < 4.78 is 0. The summed E-state index contributed by atoms with van der Waals surface area (Å²) in [5.74, 6) is 0. The quantitative estimate of drug-likeness (QED) is 0.697. The van der Waals surface area contributed by atoms with E-state index in [4.69, 9.17) is 5.73 Å². The van der Waals surface area contributed by atoms with Crippen LogP contribution in [0.1, 0.15) is 23.6 Å². The van der Waals surface area contributed by atoms with Crippen LogP contribution in [0, 0.1) is 0 Å². The molecule has 0 aromatic carbocycles. The Hall–Kier alpha value is -0.500. The second kappa shape index (κ2) is 3.06. The molecular formula is C8H13NS. The molecule has 0 aliphatic rings. The van der Waals surface area contributed by atoms with Crippen molar-refractivity contribution < 1.29 is 0 Å². The second-order valence-electron chi connectivity index (χ2n) is 2.30. The zero-order chi connectivity index (χ0) is 7.56. The average molecular weight is 155 g/mol. The van der Waals surface area contributed by atoms with E-state index in [0.717, 1.165) is 18.5 Å². The summed E-state index contributed by atoms with van der Waals surface area (Å²) in [6.07, 6.45) is 2.17. The monoisotopic (exact) mass is 155 g/mol. The minimum Gasteiger partial charge on any atom is -0.398 e. The van der Waals surface area contributed by atoms with Gasteiger partial charge in [-0.3, -0.25) is 0 Å². The van der Waals surface area contributed by atoms with Crippen molar-refractivity contribution in [3.8, 4) is 0 Å². The van der Waals surface area contributed by atoms with Crippen molar-refractivity contribution in [1.29, 1.82) is 0 Å². The van der Waals surface area contributed by atoms with Gasteiger partial charge < -0.3 is 5.73 Å². The summed E-state index contributed by atoms with van der Waals surface area (Å²) in [6, 6.07) is 2.09. The Morgan fingerprint density at radius 2 is 2.10 bits per heavy atom. The molecule has 0 bridgehead atoms. The fourth-order valence-corrected chi connectivity index (χ4v) is 1.92. The number of aryl methyl sites for hydroxylation is 2. The van der Waals surface area contributed by atoms with Crippen LogP contribution in [0.3, 0.4) is 0 Å². The maximum absolute atomic E-state index is 5.74. The molecule has 0 saturated heterocycles. The minimum atomic E-state index is 0.976. The molecule has 0 spiro atoms. The number of rotatable bonds is 2. The third-order valence-electron chi connectivity index (χ3n) is 1.56. The van der Waals surface area contributed by atoms with E-state index in [1.807, 2.05) is 11.3 Å². The lowest BCUT2D eigenvalue weighted by molar-refractivity contribution is 1.19. The van der Waals surface area contributed by atoms with Crippen LogP contribution in [0.25, 0.3) is 0 Å². The van der Waals surface area contributed by atoms with E-state index in [9.17, 15) is 0 Å². The van der Waals surface area contributed by atoms with E-state index >= 15 is 0 Å². The zero-order valence-corrected chi connectivity index (χ0v) is 7.29. The van der Waals surface area contributed by atoms with Crippen LogP contribution in [0.5, 0.6) is 0 Å². The van der Waals surface area contributed by atoms with Crippen molar-refractivity contribution in [2.45, 2.75) is 26.7 Å². The molecule has 0 fully saturated rings. The van der Waals surface area contributed by atoms with E-state index in [0.29, 0.717) is 0 Å². The van der Waals surface area contributed by atoms with E-state index in [2.05, 4.69) is 19.9 Å². The minimum absolute atomic E-state index is 0.976. The highest BCUT2D eigenvalue weighted by atomic mass is 32.1. The van der Waals surface area contributed by atoms with Gasteiger partial charge in [0.1, 0.15) is 0 Å². The lowest BCUT2D eigenvalue weighted by atomic mass is 10.3. The number of nitrogens with two attached hydrogens (primary N) is 1. The van der Waals surface area contributed by atoms with Crippen LogP contribution in [0.2, 0.25) is 0 Å². The summed E-state index contributed by atoms with van der Waals surface area (Å²) in [5.41, 5.74) is 6.71. The molecule has 10 heavy (non-hydrogen) atoms. The molecule has 0 radical (unpaired) electrons. The maximum Gasteiger partial charge on any atom is 0.0458 e. The number of nitrogen functional groups attached to an aromatic ring is 1. The largest absolute Gasteiger partial charge is 0.398 e. The number of hydrogen-bond donors (Lipinski definition) is 1. The normalized spacial score (nSPS) is 10.2. The summed E-state index contributed by atoms with van der Waals surface area (Å²) in [7, 11) is 0. The number of thiophene rings is 1. The fourth-order valence-electron chi connectivity index (χ4n) is 0.951. The van der Waals surface area contributed by atoms with Gasteiger partial charge >= 0.3 is 0 Å². The standard InChI is InChI=1S/C8H13NS/c1-3-6-5-7(9)8(4-2)10-6/h5H,3-4,9H2,1-2H3. The highest BCUT2D eigenvalue weighted by Crippen LogP contribution is 2.24. The van der Waals surface area contributed by atoms with Crippen LogP contribution in [-0.4, -0.2) is 0 Å². The molecule has 56 valence electrons. The Labute approximate surface area is 65.9 Å². The zero-order valence-electron chi connectivity index (χ0n) is 6.48. The van der Waals surface area contributed by atoms with Gasteiger partial charge in [0.15, 0.2) is 0 Å². The molecular weight excluding hydrogens is 142 g/mol. The van der Waals surface area contributed by atoms with Crippen LogP contribution in [0.4, 0.5) is 5.69 Å². The first kappa shape index (κ1) is 7.61. The van der Waals surface area contributed by atoms with Crippen LogP contribution in [-0.2, 0) is 12.8 Å². The van der Waals surface area contributed by atoms with Gasteiger partial charge in [-0.25, -0.2) is 0 Å². The third kappa shape index (κ3) is 1.32. The van der Waals surface area contributed by atoms with Crippen molar-refractivity contribution in [3.63, 3.8) is 0 Å². The Bertz CT molecular complexity index is 215. The van der Waals surface area contributed by atoms with Crippen LogP contribution < -0.4 is 5.73 Å². The van der Waals surface area contributed by atoms with E-state index in [-0.39, 0.29) is 0 Å². The fraction of sp³-hybridized carbons (Fsp3) is 0.500. The summed E-state index contributed by atoms with van der Waals surface area (Å²) in [4.78, 5) is 2.73. The molecule has 2 heteroatoms. The molecule has 0 unspecified atom stereocenters. The van der Waals surface area contributed by atoms with Gasteiger partial charge in [0, 0.05) is 15.4 Å². The first-order valence-corrected chi connectivity index (χ1v) is 4.46. The lowest BCUT2D eigenvalue weighted by Crippen LogP contribution is -1.84. The van der Waals surface area contributed by atoms with E-state index < -0.39 is 0 Å². The van der Waals surface area contributed by atoms with Gasteiger partial charge in [0.05, 0.1) is 0 Å². The van der Waals surface area contributed by atoms with Gasteiger partial charge in [0.25, 0.3) is 0 Å². The van der Waals surface area contributed by atoms with Crippen molar-refractivity contribution in [2.75, 3.05) is 5.73 Å².